The van der Waals surface area contributed by atoms with E-state index >= 15 is 0 Å². The molecule has 0 saturated carbocycles. The Morgan fingerprint density at radius 1 is 1.27 bits per heavy atom. The van der Waals surface area contributed by atoms with Crippen molar-refractivity contribution >= 4 is 17.8 Å². The molecule has 0 unspecified atom stereocenters. The molecule has 1 aromatic rings. The summed E-state index contributed by atoms with van der Waals surface area (Å²) in [5.41, 5.74) is 0. The summed E-state index contributed by atoms with van der Waals surface area (Å²) in [5, 5.41) is 4.92. The van der Waals surface area contributed by atoms with Crippen LogP contribution >= 0.6 is 0 Å². The van der Waals surface area contributed by atoms with E-state index in [1.165, 1.54) is 0 Å². The first kappa shape index (κ1) is 16.2. The molecule has 1 fully saturated rings. The van der Waals surface area contributed by atoms with Crippen LogP contribution in [0.4, 0.5) is 10.6 Å². The zero-order chi connectivity index (χ0) is 15.9. The molecule has 1 atom stereocenters. The van der Waals surface area contributed by atoms with Gasteiger partial charge in [0.05, 0.1) is 6.04 Å². The predicted octanol–water partition coefficient (Wildman–Crippen LogP) is 0.438. The Hall–Kier alpha value is -2.15. The molecule has 7 nitrogen and oxygen atoms in total. The molecule has 0 spiro atoms. The van der Waals surface area contributed by atoms with E-state index in [2.05, 4.69) is 25.4 Å². The van der Waals surface area contributed by atoms with Gasteiger partial charge in [-0.1, -0.05) is 6.07 Å². The summed E-state index contributed by atoms with van der Waals surface area (Å²) in [6, 6.07) is 5.09. The number of amides is 3. The number of imide groups is 1. The quantitative estimate of drug-likeness (QED) is 0.844. The van der Waals surface area contributed by atoms with Gasteiger partial charge in [0.2, 0.25) is 5.91 Å². The number of urea groups is 1. The topological polar surface area (TPSA) is 77.6 Å². The molecule has 1 aromatic heterocycles. The van der Waals surface area contributed by atoms with Crippen molar-refractivity contribution in [3.05, 3.63) is 24.4 Å². The average Bonchev–Trinajstić information content (AvgIpc) is 2.55. The zero-order valence-corrected chi connectivity index (χ0v) is 13.1. The van der Waals surface area contributed by atoms with E-state index in [0.29, 0.717) is 6.54 Å². The Bertz CT molecular complexity index is 500. The summed E-state index contributed by atoms with van der Waals surface area (Å²) in [6.45, 7) is 7.29. The highest BCUT2D eigenvalue weighted by Gasteiger charge is 2.26. The monoisotopic (exact) mass is 305 g/mol. The van der Waals surface area contributed by atoms with Crippen LogP contribution in [-0.4, -0.2) is 60.6 Å². The van der Waals surface area contributed by atoms with E-state index in [1.807, 2.05) is 32.0 Å². The largest absolute Gasteiger partial charge is 0.354 e. The number of hydrogen-bond acceptors (Lipinski definition) is 5. The van der Waals surface area contributed by atoms with Crippen molar-refractivity contribution in [1.29, 1.82) is 0 Å². The maximum atomic E-state index is 12.0. The lowest BCUT2D eigenvalue weighted by atomic mass is 10.2. The molecular formula is C15H23N5O2. The standard InChI is InChI=1S/C15H23N5O2/c1-3-16-15(22)18-14(21)12(2)19-8-10-20(11-9-19)13-6-4-5-7-17-13/h4-7,12H,3,8-11H2,1-2H3,(H2,16,18,21,22)/t12-/m1/s1. The maximum Gasteiger partial charge on any atom is 0.321 e. The molecule has 1 aliphatic heterocycles. The smallest absolute Gasteiger partial charge is 0.321 e. The molecule has 1 saturated heterocycles. The number of carbonyl (C=O) groups excluding carboxylic acids is 2. The molecular weight excluding hydrogens is 282 g/mol. The predicted molar refractivity (Wildman–Crippen MR) is 84.7 cm³/mol. The molecule has 0 radical (unpaired) electrons. The Balaban J connectivity index is 1.83. The zero-order valence-electron chi connectivity index (χ0n) is 13.1. The van der Waals surface area contributed by atoms with Gasteiger partial charge in [0.15, 0.2) is 0 Å². The van der Waals surface area contributed by atoms with Crippen LogP contribution in [-0.2, 0) is 4.79 Å². The Morgan fingerprint density at radius 3 is 2.59 bits per heavy atom. The number of carbonyl (C=O) groups is 2. The highest BCUT2D eigenvalue weighted by atomic mass is 16.2. The van der Waals surface area contributed by atoms with Gasteiger partial charge in [-0.2, -0.15) is 0 Å². The average molecular weight is 305 g/mol. The van der Waals surface area contributed by atoms with Crippen LogP contribution in [0, 0.1) is 0 Å². The first-order valence-corrected chi connectivity index (χ1v) is 7.60. The van der Waals surface area contributed by atoms with Crippen molar-refractivity contribution in [3.8, 4) is 0 Å². The lowest BCUT2D eigenvalue weighted by Crippen LogP contribution is -2.55. The Morgan fingerprint density at radius 2 is 2.00 bits per heavy atom. The second-order valence-electron chi connectivity index (χ2n) is 5.24. The molecule has 2 N–H and O–H groups in total. The second-order valence-corrected chi connectivity index (χ2v) is 5.24. The van der Waals surface area contributed by atoms with Crippen LogP contribution in [0.2, 0.25) is 0 Å². The van der Waals surface area contributed by atoms with Crippen molar-refractivity contribution in [2.45, 2.75) is 19.9 Å². The van der Waals surface area contributed by atoms with Gasteiger partial charge in [0.1, 0.15) is 5.82 Å². The van der Waals surface area contributed by atoms with Crippen LogP contribution in [0.15, 0.2) is 24.4 Å². The Kier molecular flexibility index (Phi) is 5.71. The minimum absolute atomic E-state index is 0.266. The molecule has 7 heteroatoms. The van der Waals surface area contributed by atoms with Crippen molar-refractivity contribution in [3.63, 3.8) is 0 Å². The summed E-state index contributed by atoms with van der Waals surface area (Å²) in [6.07, 6.45) is 1.78. The fraction of sp³-hybridized carbons (Fsp3) is 0.533. The van der Waals surface area contributed by atoms with Crippen molar-refractivity contribution in [2.24, 2.45) is 0 Å². The van der Waals surface area contributed by atoms with E-state index in [1.54, 1.807) is 6.20 Å². The van der Waals surface area contributed by atoms with Gasteiger partial charge < -0.3 is 10.2 Å². The summed E-state index contributed by atoms with van der Waals surface area (Å²) in [7, 11) is 0. The lowest BCUT2D eigenvalue weighted by molar-refractivity contribution is -0.124. The van der Waals surface area contributed by atoms with Crippen molar-refractivity contribution in [1.82, 2.24) is 20.5 Å². The highest BCUT2D eigenvalue weighted by molar-refractivity contribution is 5.96. The molecule has 0 aliphatic carbocycles. The SMILES string of the molecule is CCNC(=O)NC(=O)[C@@H](C)N1CCN(c2ccccn2)CC1. The highest BCUT2D eigenvalue weighted by Crippen LogP contribution is 2.13. The molecule has 2 heterocycles. The third-order valence-corrected chi connectivity index (χ3v) is 3.79. The number of piperazine rings is 1. The molecule has 1 aliphatic rings. The van der Waals surface area contributed by atoms with Crippen LogP contribution in [0.1, 0.15) is 13.8 Å². The number of nitrogens with one attached hydrogen (secondary N) is 2. The molecule has 120 valence electrons. The summed E-state index contributed by atoms with van der Waals surface area (Å²) < 4.78 is 0. The van der Waals surface area contributed by atoms with Crippen molar-refractivity contribution in [2.75, 3.05) is 37.6 Å². The fourth-order valence-corrected chi connectivity index (χ4v) is 2.47. The molecule has 0 aromatic carbocycles. The molecule has 3 amide bonds. The number of aromatic nitrogens is 1. The van der Waals surface area contributed by atoms with Gasteiger partial charge >= 0.3 is 6.03 Å². The normalized spacial score (nSPS) is 16.9. The summed E-state index contributed by atoms with van der Waals surface area (Å²) in [5.74, 6) is 0.693. The number of hydrogen-bond donors (Lipinski definition) is 2. The number of anilines is 1. The summed E-state index contributed by atoms with van der Waals surface area (Å²) >= 11 is 0. The van der Waals surface area contributed by atoms with E-state index in [4.69, 9.17) is 0 Å². The third kappa shape index (κ3) is 4.17. The van der Waals surface area contributed by atoms with Crippen LogP contribution in [0.25, 0.3) is 0 Å². The lowest BCUT2D eigenvalue weighted by Gasteiger charge is -2.37. The molecule has 2 rings (SSSR count). The van der Waals surface area contributed by atoms with Crippen LogP contribution < -0.4 is 15.5 Å². The first-order valence-electron chi connectivity index (χ1n) is 7.60. The third-order valence-electron chi connectivity index (χ3n) is 3.79. The van der Waals surface area contributed by atoms with Gasteiger partial charge in [-0.25, -0.2) is 9.78 Å². The Labute approximate surface area is 130 Å². The second kappa shape index (κ2) is 7.74. The van der Waals surface area contributed by atoms with Crippen LogP contribution in [0.5, 0.6) is 0 Å². The number of nitrogens with zero attached hydrogens (tertiary/aromatic N) is 3. The van der Waals surface area contributed by atoms with Gasteiger partial charge in [-0.3, -0.25) is 15.0 Å². The molecule has 0 bridgehead atoms. The minimum atomic E-state index is -0.438. The van der Waals surface area contributed by atoms with E-state index in [9.17, 15) is 9.59 Å². The van der Waals surface area contributed by atoms with E-state index in [-0.39, 0.29) is 11.9 Å². The van der Waals surface area contributed by atoms with Gasteiger partial charge in [-0.05, 0) is 26.0 Å². The number of rotatable bonds is 4. The maximum absolute atomic E-state index is 12.0. The van der Waals surface area contributed by atoms with Gasteiger partial charge in [0.25, 0.3) is 0 Å². The van der Waals surface area contributed by atoms with E-state index < -0.39 is 6.03 Å². The van der Waals surface area contributed by atoms with Crippen molar-refractivity contribution < 1.29 is 9.59 Å². The summed E-state index contributed by atoms with van der Waals surface area (Å²) in [4.78, 5) is 32.1. The minimum Gasteiger partial charge on any atom is -0.354 e. The van der Waals surface area contributed by atoms with Crippen LogP contribution in [0.3, 0.4) is 0 Å². The molecule has 22 heavy (non-hydrogen) atoms. The fourth-order valence-electron chi connectivity index (χ4n) is 2.47. The first-order chi connectivity index (χ1) is 10.6. The number of pyridine rings is 1. The van der Waals surface area contributed by atoms with Gasteiger partial charge in [-0.15, -0.1) is 0 Å². The van der Waals surface area contributed by atoms with E-state index in [0.717, 1.165) is 32.0 Å². The van der Waals surface area contributed by atoms with Gasteiger partial charge in [0, 0.05) is 38.9 Å².